The molecule has 0 radical (unpaired) electrons. The normalized spacial score (nSPS) is 10.8. The fourth-order valence-corrected chi connectivity index (χ4v) is 1.65. The van der Waals surface area contributed by atoms with Crippen molar-refractivity contribution in [1.82, 2.24) is 9.55 Å². The lowest BCUT2D eigenvalue weighted by Gasteiger charge is -2.11. The molecule has 7 heteroatoms. The highest BCUT2D eigenvalue weighted by molar-refractivity contribution is 5.56. The Morgan fingerprint density at radius 2 is 1.79 bits per heavy atom. The number of rotatable bonds is 4. The second-order valence-corrected chi connectivity index (χ2v) is 3.91. The highest BCUT2D eigenvalue weighted by Gasteiger charge is 2.20. The summed E-state index contributed by atoms with van der Waals surface area (Å²) in [6.45, 7) is 2.47. The maximum atomic E-state index is 13.5. The van der Waals surface area contributed by atoms with Crippen molar-refractivity contribution in [2.45, 2.75) is 19.9 Å². The first-order chi connectivity index (χ1) is 9.04. The minimum atomic E-state index is -1.48. The summed E-state index contributed by atoms with van der Waals surface area (Å²) in [4.78, 5) is 3.85. The van der Waals surface area contributed by atoms with Gasteiger partial charge in [-0.25, -0.2) is 22.5 Å². The second-order valence-electron chi connectivity index (χ2n) is 3.91. The van der Waals surface area contributed by atoms with Crippen LogP contribution in [0.1, 0.15) is 13.3 Å². The Morgan fingerprint density at radius 1 is 1.16 bits per heavy atom. The number of aromatic nitrogens is 2. The zero-order valence-corrected chi connectivity index (χ0v) is 10.1. The molecule has 0 spiro atoms. The summed E-state index contributed by atoms with van der Waals surface area (Å²) >= 11 is 0. The van der Waals surface area contributed by atoms with Gasteiger partial charge in [0.25, 0.3) is 0 Å². The summed E-state index contributed by atoms with van der Waals surface area (Å²) < 4.78 is 54.6. The van der Waals surface area contributed by atoms with Crippen LogP contribution in [-0.2, 0) is 6.54 Å². The Labute approximate surface area is 106 Å². The smallest absolute Gasteiger partial charge is 0.207 e. The molecule has 0 aliphatic carbocycles. The molecule has 1 N–H and O–H groups in total. The first kappa shape index (κ1) is 13.4. The molecule has 0 amide bonds. The van der Waals surface area contributed by atoms with Gasteiger partial charge < -0.3 is 9.88 Å². The number of nitrogens with zero attached hydrogens (tertiary/aromatic N) is 2. The number of anilines is 2. The molecule has 0 aliphatic rings. The van der Waals surface area contributed by atoms with Gasteiger partial charge in [0.2, 0.25) is 5.95 Å². The Kier molecular flexibility index (Phi) is 3.73. The monoisotopic (exact) mass is 273 g/mol. The third-order valence-corrected chi connectivity index (χ3v) is 2.53. The summed E-state index contributed by atoms with van der Waals surface area (Å²) in [6.07, 6.45) is 3.79. The number of halogens is 4. The average molecular weight is 273 g/mol. The highest BCUT2D eigenvalue weighted by Crippen LogP contribution is 2.26. The van der Waals surface area contributed by atoms with E-state index in [4.69, 9.17) is 0 Å². The number of hydrogen-bond acceptors (Lipinski definition) is 2. The third kappa shape index (κ3) is 2.54. The molecule has 0 unspecified atom stereocenters. The summed E-state index contributed by atoms with van der Waals surface area (Å²) in [5.74, 6) is -5.77. The SMILES string of the molecule is CCCn1ccnc1Nc1c(F)c(F)cc(F)c1F. The van der Waals surface area contributed by atoms with Crippen molar-refractivity contribution in [3.63, 3.8) is 0 Å². The molecule has 0 atom stereocenters. The molecule has 102 valence electrons. The minimum absolute atomic E-state index is 0.115. The Bertz CT molecular complexity index is 569. The van der Waals surface area contributed by atoms with E-state index >= 15 is 0 Å². The fraction of sp³-hybridized carbons (Fsp3) is 0.250. The van der Waals surface area contributed by atoms with Crippen molar-refractivity contribution in [3.8, 4) is 0 Å². The van der Waals surface area contributed by atoms with Crippen LogP contribution in [0, 0.1) is 23.3 Å². The molecule has 0 saturated heterocycles. The molecule has 0 aliphatic heterocycles. The van der Waals surface area contributed by atoms with Crippen molar-refractivity contribution >= 4 is 11.6 Å². The lowest BCUT2D eigenvalue weighted by atomic mass is 10.2. The Morgan fingerprint density at radius 3 is 2.37 bits per heavy atom. The van der Waals surface area contributed by atoms with E-state index in [1.807, 2.05) is 6.92 Å². The van der Waals surface area contributed by atoms with Gasteiger partial charge in [0, 0.05) is 25.0 Å². The Hall–Kier alpha value is -2.05. The number of hydrogen-bond donors (Lipinski definition) is 1. The van der Waals surface area contributed by atoms with E-state index in [2.05, 4.69) is 10.3 Å². The van der Waals surface area contributed by atoms with E-state index in [1.165, 1.54) is 6.20 Å². The predicted molar refractivity (Wildman–Crippen MR) is 62.1 cm³/mol. The zero-order valence-electron chi connectivity index (χ0n) is 10.1. The van der Waals surface area contributed by atoms with Crippen LogP contribution < -0.4 is 5.32 Å². The van der Waals surface area contributed by atoms with Crippen LogP contribution in [0.3, 0.4) is 0 Å². The maximum absolute atomic E-state index is 13.5. The lowest BCUT2D eigenvalue weighted by Crippen LogP contribution is -2.08. The molecular weight excluding hydrogens is 262 g/mol. The maximum Gasteiger partial charge on any atom is 0.207 e. The zero-order chi connectivity index (χ0) is 14.0. The van der Waals surface area contributed by atoms with Crippen LogP contribution in [0.15, 0.2) is 18.5 Å². The highest BCUT2D eigenvalue weighted by atomic mass is 19.2. The molecule has 0 fully saturated rings. The van der Waals surface area contributed by atoms with E-state index in [1.54, 1.807) is 10.8 Å². The molecule has 1 aromatic heterocycles. The van der Waals surface area contributed by atoms with E-state index < -0.39 is 29.0 Å². The van der Waals surface area contributed by atoms with Gasteiger partial charge in [0.05, 0.1) is 0 Å². The van der Waals surface area contributed by atoms with Crippen molar-refractivity contribution < 1.29 is 17.6 Å². The summed E-state index contributed by atoms with van der Waals surface area (Å²) in [5, 5.41) is 2.28. The van der Waals surface area contributed by atoms with Crippen LogP contribution in [-0.4, -0.2) is 9.55 Å². The van der Waals surface area contributed by atoms with E-state index in [0.717, 1.165) is 6.42 Å². The minimum Gasteiger partial charge on any atom is -0.321 e. The van der Waals surface area contributed by atoms with Gasteiger partial charge in [0.1, 0.15) is 5.69 Å². The molecule has 0 saturated carbocycles. The molecule has 0 bridgehead atoms. The van der Waals surface area contributed by atoms with Crippen molar-refractivity contribution in [2.75, 3.05) is 5.32 Å². The van der Waals surface area contributed by atoms with E-state index in [0.29, 0.717) is 6.54 Å². The quantitative estimate of drug-likeness (QED) is 0.681. The van der Waals surface area contributed by atoms with Gasteiger partial charge in [-0.1, -0.05) is 6.92 Å². The second kappa shape index (κ2) is 5.29. The van der Waals surface area contributed by atoms with Gasteiger partial charge >= 0.3 is 0 Å². The van der Waals surface area contributed by atoms with Gasteiger partial charge in [-0.05, 0) is 6.42 Å². The fourth-order valence-electron chi connectivity index (χ4n) is 1.65. The van der Waals surface area contributed by atoms with Crippen molar-refractivity contribution in [3.05, 3.63) is 41.7 Å². The van der Waals surface area contributed by atoms with Crippen molar-refractivity contribution in [2.24, 2.45) is 0 Å². The topological polar surface area (TPSA) is 29.9 Å². The molecule has 2 rings (SSSR count). The number of nitrogens with one attached hydrogen (secondary N) is 1. The molecule has 19 heavy (non-hydrogen) atoms. The van der Waals surface area contributed by atoms with Crippen LogP contribution >= 0.6 is 0 Å². The largest absolute Gasteiger partial charge is 0.321 e. The Balaban J connectivity index is 2.40. The van der Waals surface area contributed by atoms with Crippen LogP contribution in [0.2, 0.25) is 0 Å². The van der Waals surface area contributed by atoms with Crippen molar-refractivity contribution in [1.29, 1.82) is 0 Å². The van der Waals surface area contributed by atoms with E-state index in [-0.39, 0.29) is 12.0 Å². The molecule has 1 heterocycles. The van der Waals surface area contributed by atoms with Crippen LogP contribution in [0.25, 0.3) is 0 Å². The summed E-state index contributed by atoms with van der Waals surface area (Å²) in [7, 11) is 0. The predicted octanol–water partition coefficient (Wildman–Crippen LogP) is 3.59. The molecule has 3 nitrogen and oxygen atoms in total. The van der Waals surface area contributed by atoms with Crippen LogP contribution in [0.4, 0.5) is 29.2 Å². The van der Waals surface area contributed by atoms with Gasteiger partial charge in [0.15, 0.2) is 23.3 Å². The van der Waals surface area contributed by atoms with Gasteiger partial charge in [-0.3, -0.25) is 0 Å². The lowest BCUT2D eigenvalue weighted by molar-refractivity contribution is 0.459. The van der Waals surface area contributed by atoms with Gasteiger partial charge in [-0.15, -0.1) is 0 Å². The summed E-state index contributed by atoms with van der Waals surface area (Å²) in [5.41, 5.74) is -0.888. The standard InChI is InChI=1S/C12H11F4N3/c1-2-4-19-5-3-17-12(19)18-11-9(15)7(13)6-8(14)10(11)16/h3,5-6H,2,4H2,1H3,(H,17,18). The number of aryl methyl sites for hydroxylation is 1. The molecular formula is C12H11F4N3. The summed E-state index contributed by atoms with van der Waals surface area (Å²) in [6, 6.07) is 0.161. The first-order valence-corrected chi connectivity index (χ1v) is 5.65. The average Bonchev–Trinajstić information content (AvgIpc) is 2.80. The molecule has 1 aromatic carbocycles. The first-order valence-electron chi connectivity index (χ1n) is 5.65. The van der Waals surface area contributed by atoms with Crippen LogP contribution in [0.5, 0.6) is 0 Å². The van der Waals surface area contributed by atoms with Gasteiger partial charge in [-0.2, -0.15) is 0 Å². The third-order valence-electron chi connectivity index (χ3n) is 2.53. The van der Waals surface area contributed by atoms with E-state index in [9.17, 15) is 17.6 Å². The molecule has 2 aromatic rings. The number of benzene rings is 1. The number of imidazole rings is 1.